The second-order valence-corrected chi connectivity index (χ2v) is 6.84. The Kier molecular flexibility index (Phi) is 5.02. The van der Waals surface area contributed by atoms with Gasteiger partial charge in [-0.15, -0.1) is 0 Å². The second-order valence-electron chi connectivity index (χ2n) is 6.84. The van der Waals surface area contributed by atoms with Crippen LogP contribution in [-0.4, -0.2) is 16.0 Å². The highest BCUT2D eigenvalue weighted by molar-refractivity contribution is 5.91. The zero-order chi connectivity index (χ0) is 18.2. The lowest BCUT2D eigenvalue weighted by molar-refractivity contribution is -0.121. The van der Waals surface area contributed by atoms with Gasteiger partial charge >= 0.3 is 0 Å². The minimum absolute atomic E-state index is 0.136. The molecule has 0 saturated carbocycles. The third kappa shape index (κ3) is 3.30. The van der Waals surface area contributed by atoms with Gasteiger partial charge in [-0.3, -0.25) is 4.79 Å². The Hall–Kier alpha value is -2.29. The Labute approximate surface area is 144 Å². The quantitative estimate of drug-likeness (QED) is 0.848. The summed E-state index contributed by atoms with van der Waals surface area (Å²) >= 11 is 0. The van der Waals surface area contributed by atoms with E-state index >= 15 is 0 Å². The zero-order valence-corrected chi connectivity index (χ0v) is 15.3. The van der Waals surface area contributed by atoms with Crippen LogP contribution in [0.2, 0.25) is 0 Å². The van der Waals surface area contributed by atoms with Crippen molar-refractivity contribution in [1.82, 2.24) is 0 Å². The maximum atomic E-state index is 13.0. The minimum atomic E-state index is -0.257. The Morgan fingerprint density at radius 3 is 1.38 bits per heavy atom. The average Bonchev–Trinajstić information content (AvgIpc) is 2.52. The maximum Gasteiger partial charge on any atom is 0.147 e. The van der Waals surface area contributed by atoms with E-state index in [4.69, 9.17) is 0 Å². The number of rotatable bonds is 4. The lowest BCUT2D eigenvalue weighted by Crippen LogP contribution is -2.18. The van der Waals surface area contributed by atoms with Gasteiger partial charge in [-0.2, -0.15) is 0 Å². The Morgan fingerprint density at radius 2 is 1.04 bits per heavy atom. The van der Waals surface area contributed by atoms with Crippen molar-refractivity contribution in [3.63, 3.8) is 0 Å². The summed E-state index contributed by atoms with van der Waals surface area (Å²) in [6, 6.07) is 7.23. The molecule has 0 radical (unpaired) electrons. The smallest absolute Gasteiger partial charge is 0.147 e. The van der Waals surface area contributed by atoms with Crippen LogP contribution in [0.5, 0.6) is 11.5 Å². The van der Waals surface area contributed by atoms with E-state index in [1.54, 1.807) is 12.1 Å². The fourth-order valence-electron chi connectivity index (χ4n) is 3.26. The summed E-state index contributed by atoms with van der Waals surface area (Å²) in [5, 5.41) is 19.6. The molecule has 2 rings (SSSR count). The van der Waals surface area contributed by atoms with Gasteiger partial charge in [-0.05, 0) is 73.2 Å². The number of Topliss-reactive ketones (excluding diaryl/α,β-unsaturated/α-hetero) is 1. The van der Waals surface area contributed by atoms with Crippen LogP contribution in [0.4, 0.5) is 0 Å². The number of hydrogen-bond acceptors (Lipinski definition) is 3. The highest BCUT2D eigenvalue weighted by Crippen LogP contribution is 2.33. The molecule has 3 nitrogen and oxygen atoms in total. The van der Waals surface area contributed by atoms with E-state index < -0.39 is 0 Å². The molecule has 0 fully saturated rings. The van der Waals surface area contributed by atoms with Crippen molar-refractivity contribution in [1.29, 1.82) is 0 Å². The first-order valence-electron chi connectivity index (χ1n) is 8.27. The van der Waals surface area contributed by atoms with Crippen LogP contribution in [0.1, 0.15) is 59.1 Å². The van der Waals surface area contributed by atoms with Crippen molar-refractivity contribution in [3.8, 4) is 11.5 Å². The first kappa shape index (κ1) is 18.1. The van der Waals surface area contributed by atoms with Crippen LogP contribution < -0.4 is 0 Å². The topological polar surface area (TPSA) is 57.5 Å². The molecular weight excluding hydrogens is 300 g/mol. The molecule has 0 aliphatic heterocycles. The molecule has 0 aromatic heterocycles. The van der Waals surface area contributed by atoms with Crippen molar-refractivity contribution < 1.29 is 15.0 Å². The molecule has 0 spiro atoms. The van der Waals surface area contributed by atoms with Gasteiger partial charge in [0.2, 0.25) is 0 Å². The number of aryl methyl sites for hydroxylation is 4. The average molecular weight is 326 g/mol. The fourth-order valence-corrected chi connectivity index (χ4v) is 3.26. The van der Waals surface area contributed by atoms with Crippen molar-refractivity contribution in [3.05, 3.63) is 57.6 Å². The lowest BCUT2D eigenvalue weighted by atomic mass is 9.82. The fraction of sp³-hybridized carbons (Fsp3) is 0.381. The SMILES string of the molecule is Cc1cc(C(C)C(=O)C(C)c2cc(C)c(O)cc2C)c(C)cc1O. The van der Waals surface area contributed by atoms with Gasteiger partial charge in [0.05, 0.1) is 0 Å². The molecule has 2 N–H and O–H groups in total. The standard InChI is InChI=1S/C21H26O3/c1-11-9-19(22)13(3)7-17(11)15(5)21(24)16(6)18-8-14(4)20(23)10-12(18)2/h7-10,15-16,22-23H,1-6H3. The number of benzene rings is 2. The summed E-state index contributed by atoms with van der Waals surface area (Å²) in [5.74, 6) is 0.139. The van der Waals surface area contributed by atoms with Crippen LogP contribution in [0.15, 0.2) is 24.3 Å². The van der Waals surface area contributed by atoms with Crippen LogP contribution >= 0.6 is 0 Å². The highest BCUT2D eigenvalue weighted by atomic mass is 16.3. The molecule has 24 heavy (non-hydrogen) atoms. The van der Waals surface area contributed by atoms with Crippen molar-refractivity contribution in [2.45, 2.75) is 53.4 Å². The molecule has 0 aliphatic carbocycles. The van der Waals surface area contributed by atoms with E-state index in [0.29, 0.717) is 0 Å². The van der Waals surface area contributed by atoms with Crippen LogP contribution in [0.25, 0.3) is 0 Å². The normalized spacial score (nSPS) is 13.6. The molecule has 2 aromatic carbocycles. The number of phenolic OH excluding ortho intramolecular Hbond substituents is 2. The van der Waals surface area contributed by atoms with E-state index in [9.17, 15) is 15.0 Å². The predicted octanol–water partition coefficient (Wildman–Crippen LogP) is 4.81. The van der Waals surface area contributed by atoms with E-state index in [1.807, 2.05) is 53.7 Å². The van der Waals surface area contributed by atoms with Gasteiger partial charge in [0.25, 0.3) is 0 Å². The molecule has 0 heterocycles. The molecule has 2 unspecified atom stereocenters. The van der Waals surface area contributed by atoms with E-state index in [0.717, 1.165) is 33.4 Å². The lowest BCUT2D eigenvalue weighted by Gasteiger charge is -2.21. The van der Waals surface area contributed by atoms with E-state index in [-0.39, 0.29) is 29.1 Å². The third-order valence-corrected chi connectivity index (χ3v) is 4.96. The summed E-state index contributed by atoms with van der Waals surface area (Å²) in [6.45, 7) is 11.3. The molecule has 0 saturated heterocycles. The summed E-state index contributed by atoms with van der Waals surface area (Å²) in [4.78, 5) is 13.0. The Morgan fingerprint density at radius 1 is 0.708 bits per heavy atom. The molecule has 2 atom stereocenters. The predicted molar refractivity (Wildman–Crippen MR) is 97.0 cm³/mol. The Balaban J connectivity index is 2.38. The summed E-state index contributed by atoms with van der Waals surface area (Å²) in [6.07, 6.45) is 0. The highest BCUT2D eigenvalue weighted by Gasteiger charge is 2.26. The van der Waals surface area contributed by atoms with Crippen molar-refractivity contribution in [2.75, 3.05) is 0 Å². The van der Waals surface area contributed by atoms with E-state index in [2.05, 4.69) is 0 Å². The molecule has 128 valence electrons. The van der Waals surface area contributed by atoms with Gasteiger partial charge < -0.3 is 10.2 Å². The van der Waals surface area contributed by atoms with Gasteiger partial charge in [-0.25, -0.2) is 0 Å². The van der Waals surface area contributed by atoms with Crippen LogP contribution in [0, 0.1) is 27.7 Å². The minimum Gasteiger partial charge on any atom is -0.508 e. The number of hydrogen-bond donors (Lipinski definition) is 2. The molecular formula is C21H26O3. The van der Waals surface area contributed by atoms with Crippen molar-refractivity contribution in [2.24, 2.45) is 0 Å². The number of aromatic hydroxyl groups is 2. The maximum absolute atomic E-state index is 13.0. The molecule has 3 heteroatoms. The number of carbonyl (C=O) groups is 1. The van der Waals surface area contributed by atoms with Gasteiger partial charge in [0.15, 0.2) is 0 Å². The number of ketones is 1. The van der Waals surface area contributed by atoms with Crippen LogP contribution in [0.3, 0.4) is 0 Å². The number of carbonyl (C=O) groups excluding carboxylic acids is 1. The monoisotopic (exact) mass is 326 g/mol. The first-order chi connectivity index (χ1) is 11.1. The zero-order valence-electron chi connectivity index (χ0n) is 15.3. The summed E-state index contributed by atoms with van der Waals surface area (Å²) in [5.41, 5.74) is 5.30. The number of phenols is 2. The van der Waals surface area contributed by atoms with E-state index in [1.165, 1.54) is 0 Å². The van der Waals surface area contributed by atoms with Crippen molar-refractivity contribution >= 4 is 5.78 Å². The second kappa shape index (κ2) is 6.68. The molecule has 0 amide bonds. The van der Waals surface area contributed by atoms with Gasteiger partial charge in [-0.1, -0.05) is 26.0 Å². The van der Waals surface area contributed by atoms with Gasteiger partial charge in [0, 0.05) is 11.8 Å². The Bertz CT molecular complexity index is 725. The molecule has 0 aliphatic rings. The van der Waals surface area contributed by atoms with Gasteiger partial charge in [0.1, 0.15) is 17.3 Å². The molecule has 2 aromatic rings. The summed E-state index contributed by atoms with van der Waals surface area (Å²) < 4.78 is 0. The van der Waals surface area contributed by atoms with Crippen LogP contribution in [-0.2, 0) is 4.79 Å². The third-order valence-electron chi connectivity index (χ3n) is 4.96. The largest absolute Gasteiger partial charge is 0.508 e. The summed E-state index contributed by atoms with van der Waals surface area (Å²) in [7, 11) is 0. The molecule has 0 bridgehead atoms. The first-order valence-corrected chi connectivity index (χ1v) is 8.27.